The number of anilines is 1. The van der Waals surface area contributed by atoms with Crippen molar-refractivity contribution < 1.29 is 28.6 Å². The molecule has 0 bridgehead atoms. The lowest BCUT2D eigenvalue weighted by Crippen LogP contribution is -2.30. The summed E-state index contributed by atoms with van der Waals surface area (Å²) < 4.78 is 16.1. The third-order valence-corrected chi connectivity index (χ3v) is 7.17. The van der Waals surface area contributed by atoms with Gasteiger partial charge in [0.25, 0.3) is 11.8 Å². The molecule has 0 unspecified atom stereocenters. The number of ketones is 1. The zero-order chi connectivity index (χ0) is 29.9. The highest BCUT2D eigenvalue weighted by molar-refractivity contribution is 8.00. The van der Waals surface area contributed by atoms with E-state index in [1.807, 2.05) is 18.2 Å². The van der Waals surface area contributed by atoms with Gasteiger partial charge in [-0.1, -0.05) is 30.3 Å². The Morgan fingerprint density at radius 3 is 2.14 bits per heavy atom. The van der Waals surface area contributed by atoms with Crippen LogP contribution in [0.15, 0.2) is 108 Å². The second-order valence-electron chi connectivity index (χ2n) is 8.88. The van der Waals surface area contributed by atoms with E-state index >= 15 is 0 Å². The molecule has 42 heavy (non-hydrogen) atoms. The maximum absolute atomic E-state index is 13.4. The summed E-state index contributed by atoms with van der Waals surface area (Å²) in [6.45, 7) is 0. The van der Waals surface area contributed by atoms with Crippen LogP contribution in [0.2, 0.25) is 0 Å². The summed E-state index contributed by atoms with van der Waals surface area (Å²) in [5.74, 6) is 0.809. The minimum Gasteiger partial charge on any atom is -0.497 e. The molecule has 4 rings (SSSR count). The van der Waals surface area contributed by atoms with Crippen LogP contribution in [0, 0.1) is 0 Å². The van der Waals surface area contributed by atoms with E-state index in [9.17, 15) is 14.4 Å². The number of para-hydroxylation sites is 1. The monoisotopic (exact) mass is 582 g/mol. The third-order valence-electron chi connectivity index (χ3n) is 6.16. The van der Waals surface area contributed by atoms with E-state index in [4.69, 9.17) is 14.2 Å². The molecular weight excluding hydrogens is 552 g/mol. The van der Waals surface area contributed by atoms with Crippen LogP contribution in [0.3, 0.4) is 0 Å². The van der Waals surface area contributed by atoms with Gasteiger partial charge in [0.1, 0.15) is 22.9 Å². The third kappa shape index (κ3) is 7.80. The van der Waals surface area contributed by atoms with Crippen LogP contribution >= 0.6 is 11.8 Å². The zero-order valence-corrected chi connectivity index (χ0v) is 24.2. The van der Waals surface area contributed by atoms with Crippen molar-refractivity contribution in [2.45, 2.75) is 4.90 Å². The van der Waals surface area contributed by atoms with Crippen molar-refractivity contribution in [3.05, 3.63) is 119 Å². The Morgan fingerprint density at radius 2 is 1.45 bits per heavy atom. The van der Waals surface area contributed by atoms with Gasteiger partial charge in [0, 0.05) is 21.7 Å². The zero-order valence-electron chi connectivity index (χ0n) is 23.4. The molecule has 0 spiro atoms. The average molecular weight is 583 g/mol. The second-order valence-corrected chi connectivity index (χ2v) is 9.93. The number of carbonyl (C=O) groups excluding carboxylic acids is 3. The van der Waals surface area contributed by atoms with E-state index in [-0.39, 0.29) is 17.2 Å². The molecule has 8 nitrogen and oxygen atoms in total. The van der Waals surface area contributed by atoms with Crippen LogP contribution in [0.5, 0.6) is 17.2 Å². The van der Waals surface area contributed by atoms with Crippen molar-refractivity contribution in [3.63, 3.8) is 0 Å². The summed E-state index contributed by atoms with van der Waals surface area (Å²) in [7, 11) is 4.59. The summed E-state index contributed by atoms with van der Waals surface area (Å²) in [6, 6.07) is 28.0. The molecule has 0 aromatic heterocycles. The molecule has 9 heteroatoms. The van der Waals surface area contributed by atoms with Gasteiger partial charge >= 0.3 is 0 Å². The van der Waals surface area contributed by atoms with Gasteiger partial charge in [0.05, 0.1) is 32.6 Å². The number of rotatable bonds is 12. The number of ether oxygens (including phenoxy) is 3. The van der Waals surface area contributed by atoms with Crippen LogP contribution in [0.25, 0.3) is 6.08 Å². The Hall–Kier alpha value is -5.02. The van der Waals surface area contributed by atoms with Crippen molar-refractivity contribution >= 4 is 41.1 Å². The fourth-order valence-corrected chi connectivity index (χ4v) is 4.77. The Morgan fingerprint density at radius 1 is 0.762 bits per heavy atom. The predicted molar refractivity (Wildman–Crippen MR) is 165 cm³/mol. The molecule has 0 atom stereocenters. The lowest BCUT2D eigenvalue weighted by Gasteiger charge is -2.13. The molecule has 0 saturated heterocycles. The van der Waals surface area contributed by atoms with Gasteiger partial charge < -0.3 is 24.8 Å². The molecule has 214 valence electrons. The molecule has 0 heterocycles. The van der Waals surface area contributed by atoms with Gasteiger partial charge in [-0.2, -0.15) is 0 Å². The van der Waals surface area contributed by atoms with Crippen molar-refractivity contribution in [2.75, 3.05) is 32.4 Å². The van der Waals surface area contributed by atoms with Gasteiger partial charge in [-0.3, -0.25) is 14.4 Å². The Balaban J connectivity index is 1.51. The number of benzene rings is 4. The Labute approximate surface area is 248 Å². The van der Waals surface area contributed by atoms with Gasteiger partial charge in [0.15, 0.2) is 5.78 Å². The predicted octanol–water partition coefficient (Wildman–Crippen LogP) is 6.10. The number of carbonyl (C=O) groups is 3. The van der Waals surface area contributed by atoms with E-state index in [1.54, 1.807) is 78.9 Å². The highest BCUT2D eigenvalue weighted by Gasteiger charge is 2.17. The summed E-state index contributed by atoms with van der Waals surface area (Å²) in [4.78, 5) is 39.9. The highest BCUT2D eigenvalue weighted by Crippen LogP contribution is 2.27. The van der Waals surface area contributed by atoms with Gasteiger partial charge in [-0.15, -0.1) is 11.8 Å². The largest absolute Gasteiger partial charge is 0.497 e. The minimum atomic E-state index is -0.532. The normalized spacial score (nSPS) is 10.9. The molecule has 0 saturated carbocycles. The fraction of sp³-hybridized carbons (Fsp3) is 0.121. The van der Waals surface area contributed by atoms with Gasteiger partial charge in [-0.05, 0) is 72.8 Å². The minimum absolute atomic E-state index is 0.0104. The standard InChI is InChI=1S/C33H30N2O6S/c1-39-25-15-18-30(40-2)23(19-25)20-28(35-32(37)22-9-5-4-6-10-22)33(38)34-24-13-16-26(17-14-24)42-21-29(36)27-11-7-8-12-31(27)41-3/h4-20H,21H2,1-3H3,(H,34,38)(H,35,37)/b28-20-. The van der Waals surface area contributed by atoms with Gasteiger partial charge in [-0.25, -0.2) is 0 Å². The number of hydrogen-bond donors (Lipinski definition) is 2. The van der Waals surface area contributed by atoms with E-state index in [2.05, 4.69) is 10.6 Å². The van der Waals surface area contributed by atoms with E-state index in [0.717, 1.165) is 4.90 Å². The number of Topliss-reactive ketones (excluding diaryl/α,β-unsaturated/α-hetero) is 1. The molecule has 0 aliphatic heterocycles. The van der Waals surface area contributed by atoms with Crippen LogP contribution in [-0.2, 0) is 4.79 Å². The molecule has 4 aromatic rings. The first-order valence-corrected chi connectivity index (χ1v) is 13.9. The van der Waals surface area contributed by atoms with Crippen molar-refractivity contribution in [1.29, 1.82) is 0 Å². The molecule has 0 fully saturated rings. The fourth-order valence-electron chi connectivity index (χ4n) is 3.98. The maximum Gasteiger partial charge on any atom is 0.272 e. The first kappa shape index (κ1) is 30.0. The first-order chi connectivity index (χ1) is 20.4. The van der Waals surface area contributed by atoms with E-state index in [1.165, 1.54) is 39.2 Å². The van der Waals surface area contributed by atoms with E-state index in [0.29, 0.717) is 39.6 Å². The number of nitrogens with one attached hydrogen (secondary N) is 2. The van der Waals surface area contributed by atoms with Crippen LogP contribution < -0.4 is 24.8 Å². The number of thioether (sulfide) groups is 1. The summed E-state index contributed by atoms with van der Waals surface area (Å²) in [5.41, 5.74) is 2.00. The summed E-state index contributed by atoms with van der Waals surface area (Å²) >= 11 is 1.38. The number of amides is 2. The topological polar surface area (TPSA) is 103 Å². The molecule has 0 aliphatic rings. The molecule has 2 N–H and O–H groups in total. The maximum atomic E-state index is 13.4. The van der Waals surface area contributed by atoms with Crippen LogP contribution in [-0.4, -0.2) is 44.7 Å². The molecular formula is C33H30N2O6S. The molecule has 0 aliphatic carbocycles. The van der Waals surface area contributed by atoms with Crippen molar-refractivity contribution in [1.82, 2.24) is 5.32 Å². The summed E-state index contributed by atoms with van der Waals surface area (Å²) in [6.07, 6.45) is 1.53. The first-order valence-electron chi connectivity index (χ1n) is 12.9. The lowest BCUT2D eigenvalue weighted by atomic mass is 10.1. The van der Waals surface area contributed by atoms with Crippen LogP contribution in [0.4, 0.5) is 5.69 Å². The smallest absolute Gasteiger partial charge is 0.272 e. The molecule has 2 amide bonds. The van der Waals surface area contributed by atoms with Crippen LogP contribution in [0.1, 0.15) is 26.3 Å². The average Bonchev–Trinajstić information content (AvgIpc) is 3.04. The van der Waals surface area contributed by atoms with Crippen molar-refractivity contribution in [2.24, 2.45) is 0 Å². The lowest BCUT2D eigenvalue weighted by molar-refractivity contribution is -0.113. The number of methoxy groups -OCH3 is 3. The van der Waals surface area contributed by atoms with Gasteiger partial charge in [0.2, 0.25) is 0 Å². The summed E-state index contributed by atoms with van der Waals surface area (Å²) in [5, 5.41) is 5.55. The Kier molecular flexibility index (Phi) is 10.4. The quantitative estimate of drug-likeness (QED) is 0.118. The SMILES string of the molecule is COc1ccc(OC)c(/C=C(\NC(=O)c2ccccc2)C(=O)Nc2ccc(SCC(=O)c3ccccc3OC)cc2)c1. The number of hydrogen-bond acceptors (Lipinski definition) is 7. The second kappa shape index (κ2) is 14.6. The molecule has 4 aromatic carbocycles. The van der Waals surface area contributed by atoms with Crippen molar-refractivity contribution in [3.8, 4) is 17.2 Å². The Bertz CT molecular complexity index is 1590. The molecule has 0 radical (unpaired) electrons. The van der Waals surface area contributed by atoms with E-state index < -0.39 is 11.8 Å². The highest BCUT2D eigenvalue weighted by atomic mass is 32.2.